The van der Waals surface area contributed by atoms with E-state index in [1.165, 1.54) is 12.8 Å². The van der Waals surface area contributed by atoms with Crippen LogP contribution in [0, 0.1) is 8.99 Å². The van der Waals surface area contributed by atoms with Gasteiger partial charge >= 0.3 is 6.09 Å². The van der Waals surface area contributed by atoms with E-state index in [1.54, 1.807) is 26.8 Å². The van der Waals surface area contributed by atoms with E-state index in [0.29, 0.717) is 22.4 Å². The molecule has 2 aliphatic heterocycles. The third kappa shape index (κ3) is 7.61. The highest BCUT2D eigenvalue weighted by Gasteiger charge is 2.44. The Morgan fingerprint density at radius 2 is 1.54 bits per heavy atom. The molecule has 2 saturated heterocycles. The minimum Gasteiger partial charge on any atom is -0.444 e. The average Bonchev–Trinajstić information content (AvgIpc) is 3.66. The molecule has 2 aromatic carbocycles. The highest BCUT2D eigenvalue weighted by molar-refractivity contribution is 14.1. The van der Waals surface area contributed by atoms with Crippen molar-refractivity contribution < 1.29 is 23.1 Å². The summed E-state index contributed by atoms with van der Waals surface area (Å²) in [7, 11) is 0. The largest absolute Gasteiger partial charge is 0.444 e. The van der Waals surface area contributed by atoms with Crippen molar-refractivity contribution in [1.29, 1.82) is 0 Å². The Bertz CT molecular complexity index is 1290. The van der Waals surface area contributed by atoms with Crippen molar-refractivity contribution in [3.05, 3.63) is 51.1 Å². The maximum Gasteiger partial charge on any atom is 0.407 e. The molecule has 7 nitrogen and oxygen atoms in total. The fourth-order valence-electron chi connectivity index (χ4n) is 5.70. The molecular formula is C31H39F2IN4O3. The molecule has 222 valence electrons. The molecule has 1 aliphatic carbocycles. The van der Waals surface area contributed by atoms with E-state index in [4.69, 9.17) is 4.74 Å². The van der Waals surface area contributed by atoms with Crippen LogP contribution in [0.1, 0.15) is 75.2 Å². The maximum atomic E-state index is 13.9. The zero-order chi connectivity index (χ0) is 29.4. The number of nitrogens with one attached hydrogen (secondary N) is 2. The summed E-state index contributed by atoms with van der Waals surface area (Å²) >= 11 is 2.28. The predicted octanol–water partition coefficient (Wildman–Crippen LogP) is 7.18. The van der Waals surface area contributed by atoms with E-state index >= 15 is 0 Å². The van der Waals surface area contributed by atoms with Crippen LogP contribution in [0.2, 0.25) is 0 Å². The highest BCUT2D eigenvalue weighted by atomic mass is 127. The Labute approximate surface area is 254 Å². The van der Waals surface area contributed by atoms with Gasteiger partial charge < -0.3 is 25.2 Å². The first-order valence-electron chi connectivity index (χ1n) is 14.4. The molecule has 0 aromatic heterocycles. The molecule has 0 atom stereocenters. The standard InChI is InChI=1S/C31H39F2IN4O3/c1-29(2,3)41-28(40)35-20-21-4-6-23(19-25(21)37-16-12-31(32,33)13-17-37)36-27(39)24-7-5-22(34)18-26(24)38-14-10-30(8-9-30)11-15-38/h4-7,18-19H,8-17,20H2,1-3H3,(H,35,40)(H,36,39). The van der Waals surface area contributed by atoms with E-state index in [9.17, 15) is 18.4 Å². The molecule has 0 bridgehead atoms. The lowest BCUT2D eigenvalue weighted by atomic mass is 9.93. The van der Waals surface area contributed by atoms with Gasteiger partial charge in [0, 0.05) is 60.5 Å². The van der Waals surface area contributed by atoms with Crippen LogP contribution in [-0.2, 0) is 11.3 Å². The molecular weight excluding hydrogens is 641 g/mol. The normalized spacial score (nSPS) is 19.6. The number of halogens is 3. The van der Waals surface area contributed by atoms with E-state index in [1.807, 2.05) is 29.2 Å². The lowest BCUT2D eigenvalue weighted by Crippen LogP contribution is -2.40. The van der Waals surface area contributed by atoms with Crippen molar-refractivity contribution in [3.8, 4) is 0 Å². The third-order valence-corrected chi connectivity index (χ3v) is 9.00. The summed E-state index contributed by atoms with van der Waals surface area (Å²) < 4.78 is 34.3. The van der Waals surface area contributed by atoms with E-state index < -0.39 is 17.6 Å². The maximum absolute atomic E-state index is 13.9. The number of nitrogens with zero attached hydrogens (tertiary/aromatic N) is 2. The number of carbonyl (C=O) groups is 2. The van der Waals surface area contributed by atoms with Crippen LogP contribution in [0.5, 0.6) is 0 Å². The van der Waals surface area contributed by atoms with Gasteiger partial charge in [0.25, 0.3) is 11.8 Å². The molecule has 3 fully saturated rings. The molecule has 41 heavy (non-hydrogen) atoms. The van der Waals surface area contributed by atoms with E-state index in [-0.39, 0.29) is 38.4 Å². The number of hydrogen-bond donors (Lipinski definition) is 2. The van der Waals surface area contributed by atoms with Gasteiger partial charge in [0.2, 0.25) is 0 Å². The first kappa shape index (κ1) is 29.8. The summed E-state index contributed by atoms with van der Waals surface area (Å²) in [4.78, 5) is 30.1. The number of anilines is 3. The van der Waals surface area contributed by atoms with Gasteiger partial charge in [0.05, 0.1) is 11.3 Å². The number of alkyl carbamates (subject to hydrolysis) is 1. The predicted molar refractivity (Wildman–Crippen MR) is 166 cm³/mol. The first-order chi connectivity index (χ1) is 19.3. The molecule has 2 N–H and O–H groups in total. The number of carbonyl (C=O) groups excluding carboxylic acids is 2. The molecule has 2 aromatic rings. The first-order valence-corrected chi connectivity index (χ1v) is 15.5. The molecule has 2 amide bonds. The number of amides is 2. The van der Waals surface area contributed by atoms with E-state index in [0.717, 1.165) is 40.8 Å². The zero-order valence-electron chi connectivity index (χ0n) is 24.0. The van der Waals surface area contributed by atoms with Crippen LogP contribution < -0.4 is 20.4 Å². The molecule has 5 rings (SSSR count). The van der Waals surface area contributed by atoms with Crippen LogP contribution in [-0.4, -0.2) is 49.7 Å². The van der Waals surface area contributed by atoms with Crippen LogP contribution in [0.4, 0.5) is 30.6 Å². The summed E-state index contributed by atoms with van der Waals surface area (Å²) in [5, 5.41) is 5.82. The molecule has 10 heteroatoms. The number of hydrogen-bond acceptors (Lipinski definition) is 5. The van der Waals surface area contributed by atoms with Gasteiger partial charge in [-0.1, -0.05) is 6.07 Å². The Morgan fingerprint density at radius 3 is 2.17 bits per heavy atom. The molecule has 3 aliphatic rings. The minimum absolute atomic E-state index is 0.170. The van der Waals surface area contributed by atoms with Crippen LogP contribution in [0.25, 0.3) is 0 Å². The fraction of sp³-hybridized carbons (Fsp3) is 0.548. The van der Waals surface area contributed by atoms with Crippen LogP contribution in [0.15, 0.2) is 36.4 Å². The number of ether oxygens (including phenoxy) is 1. The summed E-state index contributed by atoms with van der Waals surface area (Å²) in [6, 6.07) is 11.3. The second-order valence-electron chi connectivity index (χ2n) is 12.6. The van der Waals surface area contributed by atoms with Crippen molar-refractivity contribution in [3.63, 3.8) is 0 Å². The van der Waals surface area contributed by atoms with Gasteiger partial charge in [0.1, 0.15) is 5.60 Å². The average molecular weight is 681 g/mol. The summed E-state index contributed by atoms with van der Waals surface area (Å²) in [5.41, 5.74) is 3.51. The van der Waals surface area contributed by atoms with Gasteiger partial charge in [-0.3, -0.25) is 4.79 Å². The number of alkyl halides is 2. The van der Waals surface area contributed by atoms with Crippen molar-refractivity contribution in [2.24, 2.45) is 5.41 Å². The quantitative estimate of drug-likeness (QED) is 0.317. The van der Waals surface area contributed by atoms with Crippen molar-refractivity contribution in [2.75, 3.05) is 41.3 Å². The van der Waals surface area contributed by atoms with Crippen molar-refractivity contribution in [1.82, 2.24) is 5.32 Å². The molecule has 0 unspecified atom stereocenters. The molecule has 0 radical (unpaired) electrons. The van der Waals surface area contributed by atoms with Gasteiger partial charge in [-0.05, 0) is 110 Å². The number of piperidine rings is 2. The fourth-order valence-corrected chi connectivity index (χ4v) is 6.17. The van der Waals surface area contributed by atoms with Crippen LogP contribution in [0.3, 0.4) is 0 Å². The lowest BCUT2D eigenvalue weighted by Gasteiger charge is -2.35. The van der Waals surface area contributed by atoms with Gasteiger partial charge in [-0.15, -0.1) is 0 Å². The minimum atomic E-state index is -2.69. The Hall–Kier alpha value is -2.63. The SMILES string of the molecule is CC(C)(C)OC(=O)NCc1ccc(NC(=O)c2ccc(I)cc2N2CCC3(CC2)CC3)cc1N1CCC(F)(F)CC1. The smallest absolute Gasteiger partial charge is 0.407 e. The Morgan fingerprint density at radius 1 is 0.902 bits per heavy atom. The Balaban J connectivity index is 1.35. The van der Waals surface area contributed by atoms with Gasteiger partial charge in [-0.2, -0.15) is 0 Å². The van der Waals surface area contributed by atoms with Gasteiger partial charge in [0.15, 0.2) is 0 Å². The summed E-state index contributed by atoms with van der Waals surface area (Å²) in [6.07, 6.45) is 3.93. The molecule has 2 heterocycles. The lowest BCUT2D eigenvalue weighted by molar-refractivity contribution is -0.0220. The highest BCUT2D eigenvalue weighted by Crippen LogP contribution is 2.54. The topological polar surface area (TPSA) is 73.9 Å². The van der Waals surface area contributed by atoms with E-state index in [2.05, 4.69) is 44.2 Å². The number of benzene rings is 2. The Kier molecular flexibility index (Phi) is 8.42. The van der Waals surface area contributed by atoms with Crippen molar-refractivity contribution in [2.45, 2.75) is 77.4 Å². The summed E-state index contributed by atoms with van der Waals surface area (Å²) in [6.45, 7) is 7.80. The second-order valence-corrected chi connectivity index (χ2v) is 13.9. The molecule has 1 spiro atoms. The number of rotatable bonds is 6. The summed E-state index contributed by atoms with van der Waals surface area (Å²) in [5.74, 6) is -2.90. The third-order valence-electron chi connectivity index (χ3n) is 8.33. The van der Waals surface area contributed by atoms with Crippen LogP contribution >= 0.6 is 22.6 Å². The second kappa shape index (κ2) is 11.6. The van der Waals surface area contributed by atoms with Crippen molar-refractivity contribution >= 4 is 51.7 Å². The zero-order valence-corrected chi connectivity index (χ0v) is 26.2. The monoisotopic (exact) mass is 680 g/mol. The van der Waals surface area contributed by atoms with Gasteiger partial charge in [-0.25, -0.2) is 13.6 Å². The molecule has 1 saturated carbocycles.